The summed E-state index contributed by atoms with van der Waals surface area (Å²) in [7, 11) is 0. The maximum Gasteiger partial charge on any atom is 0.234 e. The molecule has 0 unspecified atom stereocenters. The van der Waals surface area contributed by atoms with Gasteiger partial charge in [-0.15, -0.1) is 0 Å². The zero-order valence-electron chi connectivity index (χ0n) is 9.95. The number of isocyanates is 2. The van der Waals surface area contributed by atoms with Crippen LogP contribution in [0.3, 0.4) is 0 Å². The Morgan fingerprint density at radius 2 is 1.31 bits per heavy atom. The third-order valence-corrected chi connectivity index (χ3v) is 2.56. The van der Waals surface area contributed by atoms with E-state index >= 15 is 0 Å². The van der Waals surface area contributed by atoms with Crippen molar-refractivity contribution in [1.29, 1.82) is 0 Å². The normalized spacial score (nSPS) is 11.3. The quantitative estimate of drug-likeness (QED) is 0.325. The van der Waals surface area contributed by atoms with Crippen LogP contribution in [0, 0.1) is 5.92 Å². The smallest absolute Gasteiger partial charge is 0.211 e. The Morgan fingerprint density at radius 1 is 0.875 bits per heavy atom. The molecule has 0 aliphatic rings. The van der Waals surface area contributed by atoms with Crippen LogP contribution in [0.5, 0.6) is 0 Å². The van der Waals surface area contributed by atoms with Crippen LogP contribution in [0.2, 0.25) is 0 Å². The third kappa shape index (κ3) is 10.8. The van der Waals surface area contributed by atoms with E-state index in [9.17, 15) is 9.59 Å². The molecule has 0 atom stereocenters. The van der Waals surface area contributed by atoms with Gasteiger partial charge in [0.25, 0.3) is 0 Å². The van der Waals surface area contributed by atoms with Gasteiger partial charge in [-0.1, -0.05) is 32.6 Å². The fraction of sp³-hybridized carbons (Fsp3) is 0.833. The highest BCUT2D eigenvalue weighted by molar-refractivity contribution is 5.32. The van der Waals surface area contributed by atoms with E-state index in [1.165, 1.54) is 12.8 Å². The van der Waals surface area contributed by atoms with E-state index < -0.39 is 0 Å². The van der Waals surface area contributed by atoms with Crippen LogP contribution in [-0.4, -0.2) is 25.2 Å². The first-order chi connectivity index (χ1) is 7.81. The van der Waals surface area contributed by atoms with Crippen molar-refractivity contribution in [3.63, 3.8) is 0 Å². The molecule has 0 heterocycles. The van der Waals surface area contributed by atoms with Gasteiger partial charge in [0, 0.05) is 0 Å². The van der Waals surface area contributed by atoms with Crippen LogP contribution in [-0.2, 0) is 9.59 Å². The Labute approximate surface area is 96.9 Å². The van der Waals surface area contributed by atoms with Gasteiger partial charge in [-0.3, -0.25) is 0 Å². The Bertz CT molecular complexity index is 228. The van der Waals surface area contributed by atoms with Crippen molar-refractivity contribution in [2.24, 2.45) is 15.9 Å². The predicted molar refractivity (Wildman–Crippen MR) is 62.8 cm³/mol. The van der Waals surface area contributed by atoms with Crippen LogP contribution < -0.4 is 0 Å². The van der Waals surface area contributed by atoms with Gasteiger partial charge in [0.05, 0.1) is 13.1 Å². The minimum atomic E-state index is 0.601. The summed E-state index contributed by atoms with van der Waals surface area (Å²) in [4.78, 5) is 26.6. The summed E-state index contributed by atoms with van der Waals surface area (Å²) in [5.74, 6) is 0.695. The largest absolute Gasteiger partial charge is 0.234 e. The fourth-order valence-electron chi connectivity index (χ4n) is 1.60. The average molecular weight is 224 g/mol. The van der Waals surface area contributed by atoms with Gasteiger partial charge < -0.3 is 0 Å². The second-order valence-corrected chi connectivity index (χ2v) is 4.04. The Balaban J connectivity index is 3.26. The molecule has 0 saturated heterocycles. The van der Waals surface area contributed by atoms with Crippen LogP contribution in [0.15, 0.2) is 9.98 Å². The number of hydrogen-bond acceptors (Lipinski definition) is 4. The highest BCUT2D eigenvalue weighted by Gasteiger charge is 2.01. The van der Waals surface area contributed by atoms with Crippen molar-refractivity contribution < 1.29 is 9.59 Å². The molecule has 4 heteroatoms. The van der Waals surface area contributed by atoms with Crippen LogP contribution in [0.25, 0.3) is 0 Å². The zero-order valence-corrected chi connectivity index (χ0v) is 9.95. The van der Waals surface area contributed by atoms with E-state index in [2.05, 4.69) is 16.9 Å². The predicted octanol–water partition coefficient (Wildman–Crippen LogP) is 2.63. The lowest BCUT2D eigenvalue weighted by Crippen LogP contribution is -1.96. The number of rotatable bonds is 10. The lowest BCUT2D eigenvalue weighted by Gasteiger charge is -2.09. The molecule has 90 valence electrons. The molecule has 4 nitrogen and oxygen atoms in total. The Hall–Kier alpha value is -1.24. The molecule has 0 fully saturated rings. The van der Waals surface area contributed by atoms with E-state index in [0.29, 0.717) is 19.0 Å². The van der Waals surface area contributed by atoms with Crippen molar-refractivity contribution in [2.45, 2.75) is 45.4 Å². The van der Waals surface area contributed by atoms with Crippen molar-refractivity contribution in [1.82, 2.24) is 0 Å². The molecule has 0 aromatic carbocycles. The minimum Gasteiger partial charge on any atom is -0.211 e. The average Bonchev–Trinajstić information content (AvgIpc) is 2.28. The molecular formula is C12H20N2O2. The fourth-order valence-corrected chi connectivity index (χ4v) is 1.60. The molecular weight excluding hydrogens is 204 g/mol. The van der Waals surface area contributed by atoms with Gasteiger partial charge in [-0.25, -0.2) is 19.6 Å². The number of aliphatic imine (C=N–C) groups is 2. The summed E-state index contributed by atoms with van der Waals surface area (Å²) in [6.45, 7) is 3.43. The van der Waals surface area contributed by atoms with E-state index in [-0.39, 0.29) is 0 Å². The maximum atomic E-state index is 9.80. The summed E-state index contributed by atoms with van der Waals surface area (Å²) in [5.41, 5.74) is 0. The van der Waals surface area contributed by atoms with Crippen molar-refractivity contribution >= 4 is 12.2 Å². The van der Waals surface area contributed by atoms with E-state index in [0.717, 1.165) is 25.7 Å². The number of hydrogen-bond donors (Lipinski definition) is 0. The molecule has 0 bridgehead atoms. The molecule has 0 rings (SSSR count). The number of carbonyl (C=O) groups excluding carboxylic acids is 2. The molecule has 0 amide bonds. The molecule has 0 aromatic rings. The van der Waals surface area contributed by atoms with Gasteiger partial charge in [-0.05, 0) is 18.8 Å². The highest BCUT2D eigenvalue weighted by Crippen LogP contribution is 2.15. The molecule has 0 aliphatic carbocycles. The minimum absolute atomic E-state index is 0.601. The van der Waals surface area contributed by atoms with E-state index in [1.807, 2.05) is 0 Å². The second kappa shape index (κ2) is 11.8. The van der Waals surface area contributed by atoms with Crippen molar-refractivity contribution in [2.75, 3.05) is 13.1 Å². The van der Waals surface area contributed by atoms with Gasteiger partial charge in [0.1, 0.15) is 0 Å². The Morgan fingerprint density at radius 3 is 1.69 bits per heavy atom. The number of unbranched alkanes of at least 4 members (excludes halogenated alkanes) is 2. The monoisotopic (exact) mass is 224 g/mol. The van der Waals surface area contributed by atoms with Gasteiger partial charge in [-0.2, -0.15) is 0 Å². The van der Waals surface area contributed by atoms with Crippen LogP contribution in [0.4, 0.5) is 0 Å². The molecule has 0 aliphatic heterocycles. The third-order valence-electron chi connectivity index (χ3n) is 2.56. The van der Waals surface area contributed by atoms with Crippen molar-refractivity contribution in [3.8, 4) is 0 Å². The first-order valence-corrected chi connectivity index (χ1v) is 5.88. The highest BCUT2D eigenvalue weighted by atomic mass is 16.1. The molecule has 0 radical (unpaired) electrons. The Kier molecular flexibility index (Phi) is 10.9. The molecule has 0 spiro atoms. The lowest BCUT2D eigenvalue weighted by atomic mass is 9.98. The van der Waals surface area contributed by atoms with Crippen LogP contribution in [0.1, 0.15) is 45.4 Å². The molecule has 0 aromatic heterocycles. The summed E-state index contributed by atoms with van der Waals surface area (Å²) in [6.07, 6.45) is 9.58. The van der Waals surface area contributed by atoms with Gasteiger partial charge in [0.2, 0.25) is 12.2 Å². The zero-order chi connectivity index (χ0) is 12.1. The summed E-state index contributed by atoms with van der Waals surface area (Å²) in [5, 5.41) is 0. The summed E-state index contributed by atoms with van der Waals surface area (Å²) in [6, 6.07) is 0. The summed E-state index contributed by atoms with van der Waals surface area (Å²) < 4.78 is 0. The molecule has 0 saturated carbocycles. The maximum absolute atomic E-state index is 9.80. The van der Waals surface area contributed by atoms with Crippen LogP contribution >= 0.6 is 0 Å². The first-order valence-electron chi connectivity index (χ1n) is 5.88. The summed E-state index contributed by atoms with van der Waals surface area (Å²) >= 11 is 0. The number of nitrogens with zero attached hydrogens (tertiary/aromatic N) is 2. The van der Waals surface area contributed by atoms with Gasteiger partial charge in [0.15, 0.2) is 0 Å². The standard InChI is InChI=1S/C12H20N2O2/c1-12(6-2-4-8-13-10-15)7-3-5-9-14-11-16/h12H,2-9H2,1H3. The SMILES string of the molecule is CC(CCCCN=C=O)CCCCN=C=O. The van der Waals surface area contributed by atoms with Crippen molar-refractivity contribution in [3.05, 3.63) is 0 Å². The van der Waals surface area contributed by atoms with E-state index in [4.69, 9.17) is 0 Å². The lowest BCUT2D eigenvalue weighted by molar-refractivity contribution is 0.448. The molecule has 16 heavy (non-hydrogen) atoms. The van der Waals surface area contributed by atoms with E-state index in [1.54, 1.807) is 12.2 Å². The molecule has 0 N–H and O–H groups in total. The first kappa shape index (κ1) is 14.8. The topological polar surface area (TPSA) is 58.9 Å². The van der Waals surface area contributed by atoms with Gasteiger partial charge >= 0.3 is 0 Å². The second-order valence-electron chi connectivity index (χ2n) is 4.04.